The zero-order chi connectivity index (χ0) is 20.8. The number of nitrogens with zero attached hydrogens (tertiary/aromatic N) is 3. The van der Waals surface area contributed by atoms with E-state index in [9.17, 15) is 9.18 Å². The van der Waals surface area contributed by atoms with Crippen LogP contribution in [0.2, 0.25) is 0 Å². The molecule has 5 nitrogen and oxygen atoms in total. The van der Waals surface area contributed by atoms with Gasteiger partial charge in [0.15, 0.2) is 0 Å². The van der Waals surface area contributed by atoms with Crippen molar-refractivity contribution in [2.45, 2.75) is 6.04 Å². The maximum atomic E-state index is 14.0. The molecular formula is C24H25FN4O. The van der Waals surface area contributed by atoms with E-state index in [4.69, 9.17) is 0 Å². The highest BCUT2D eigenvalue weighted by Gasteiger charge is 2.26. The van der Waals surface area contributed by atoms with Crippen LogP contribution in [0, 0.1) is 5.82 Å². The van der Waals surface area contributed by atoms with Gasteiger partial charge in [-0.15, -0.1) is 0 Å². The number of aromatic nitrogens is 1. The van der Waals surface area contributed by atoms with Crippen LogP contribution in [-0.2, 0) is 0 Å². The second kappa shape index (κ2) is 9.50. The number of para-hydroxylation sites is 1. The summed E-state index contributed by atoms with van der Waals surface area (Å²) in [6, 6.07) is 20.3. The number of carbonyl (C=O) groups is 1. The molecule has 0 saturated carbocycles. The van der Waals surface area contributed by atoms with E-state index in [1.54, 1.807) is 18.3 Å². The summed E-state index contributed by atoms with van der Waals surface area (Å²) in [5.41, 5.74) is 2.33. The van der Waals surface area contributed by atoms with Crippen molar-refractivity contribution in [3.8, 4) is 0 Å². The normalized spacial score (nSPS) is 15.6. The average molecular weight is 404 g/mol. The van der Waals surface area contributed by atoms with Crippen molar-refractivity contribution in [2.75, 3.05) is 37.6 Å². The minimum atomic E-state index is -0.510. The van der Waals surface area contributed by atoms with Crippen LogP contribution in [0.15, 0.2) is 79.1 Å². The first kappa shape index (κ1) is 20.0. The second-order valence-electron chi connectivity index (χ2n) is 7.35. The highest BCUT2D eigenvalue weighted by molar-refractivity contribution is 5.94. The number of piperazine rings is 1. The van der Waals surface area contributed by atoms with E-state index >= 15 is 0 Å². The number of nitrogens with one attached hydrogen (secondary N) is 1. The van der Waals surface area contributed by atoms with E-state index < -0.39 is 11.7 Å². The first-order chi connectivity index (χ1) is 14.7. The summed E-state index contributed by atoms with van der Waals surface area (Å²) >= 11 is 0. The average Bonchev–Trinajstić information content (AvgIpc) is 2.81. The topological polar surface area (TPSA) is 48.5 Å². The first-order valence-electron chi connectivity index (χ1n) is 10.2. The minimum Gasteiger partial charge on any atom is -0.369 e. The van der Waals surface area contributed by atoms with Crippen molar-refractivity contribution in [3.63, 3.8) is 0 Å². The Kier molecular flexibility index (Phi) is 6.35. The highest BCUT2D eigenvalue weighted by atomic mass is 19.1. The Hall–Kier alpha value is -3.25. The molecule has 1 saturated heterocycles. The van der Waals surface area contributed by atoms with Gasteiger partial charge in [-0.25, -0.2) is 4.39 Å². The van der Waals surface area contributed by atoms with Gasteiger partial charge in [0.1, 0.15) is 5.82 Å². The predicted molar refractivity (Wildman–Crippen MR) is 116 cm³/mol. The number of hydrogen-bond acceptors (Lipinski definition) is 4. The molecule has 0 aliphatic carbocycles. The van der Waals surface area contributed by atoms with Crippen LogP contribution in [0.25, 0.3) is 0 Å². The summed E-state index contributed by atoms with van der Waals surface area (Å²) < 4.78 is 14.0. The summed E-state index contributed by atoms with van der Waals surface area (Å²) in [5.74, 6) is -0.908. The Morgan fingerprint density at radius 2 is 1.70 bits per heavy atom. The molecule has 4 rings (SSSR count). The molecule has 2 heterocycles. The van der Waals surface area contributed by atoms with Crippen molar-refractivity contribution < 1.29 is 9.18 Å². The highest BCUT2D eigenvalue weighted by Crippen LogP contribution is 2.23. The second-order valence-corrected chi connectivity index (χ2v) is 7.35. The number of rotatable bonds is 6. The molecule has 1 aliphatic rings. The van der Waals surface area contributed by atoms with Gasteiger partial charge in [0.2, 0.25) is 0 Å². The molecule has 1 aliphatic heterocycles. The number of pyridine rings is 1. The first-order valence-corrected chi connectivity index (χ1v) is 10.2. The maximum Gasteiger partial charge on any atom is 0.254 e. The molecule has 1 aromatic heterocycles. The van der Waals surface area contributed by atoms with Gasteiger partial charge < -0.3 is 10.2 Å². The Bertz CT molecular complexity index is 959. The monoisotopic (exact) mass is 404 g/mol. The van der Waals surface area contributed by atoms with Gasteiger partial charge >= 0.3 is 0 Å². The molecule has 1 fully saturated rings. The largest absolute Gasteiger partial charge is 0.369 e. The van der Waals surface area contributed by atoms with Gasteiger partial charge in [-0.05, 0) is 35.9 Å². The quantitative estimate of drug-likeness (QED) is 0.683. The van der Waals surface area contributed by atoms with Gasteiger partial charge in [-0.2, -0.15) is 0 Å². The van der Waals surface area contributed by atoms with Gasteiger partial charge in [0, 0.05) is 50.8 Å². The van der Waals surface area contributed by atoms with Gasteiger partial charge in [-0.3, -0.25) is 14.7 Å². The van der Waals surface area contributed by atoms with Crippen molar-refractivity contribution in [1.82, 2.24) is 15.2 Å². The lowest BCUT2D eigenvalue weighted by Gasteiger charge is -2.40. The van der Waals surface area contributed by atoms with Crippen LogP contribution < -0.4 is 10.2 Å². The number of benzene rings is 2. The van der Waals surface area contributed by atoms with Crippen LogP contribution in [0.1, 0.15) is 22.0 Å². The Morgan fingerprint density at radius 3 is 2.40 bits per heavy atom. The fourth-order valence-corrected chi connectivity index (χ4v) is 3.89. The molecule has 154 valence electrons. The fourth-order valence-electron chi connectivity index (χ4n) is 3.89. The van der Waals surface area contributed by atoms with E-state index in [0.717, 1.165) is 31.7 Å². The van der Waals surface area contributed by atoms with Crippen molar-refractivity contribution in [1.29, 1.82) is 0 Å². The van der Waals surface area contributed by atoms with Gasteiger partial charge in [0.25, 0.3) is 5.91 Å². The summed E-state index contributed by atoms with van der Waals surface area (Å²) in [4.78, 5) is 21.5. The van der Waals surface area contributed by atoms with Crippen molar-refractivity contribution in [3.05, 3.63) is 96.1 Å². The van der Waals surface area contributed by atoms with Crippen LogP contribution in [0.3, 0.4) is 0 Å². The summed E-state index contributed by atoms with van der Waals surface area (Å²) in [6.45, 7) is 3.93. The molecule has 30 heavy (non-hydrogen) atoms. The molecule has 1 atom stereocenters. The Morgan fingerprint density at radius 1 is 0.967 bits per heavy atom. The van der Waals surface area contributed by atoms with Crippen molar-refractivity contribution in [2.24, 2.45) is 0 Å². The molecule has 0 radical (unpaired) electrons. The lowest BCUT2D eigenvalue weighted by Crippen LogP contribution is -2.50. The van der Waals surface area contributed by atoms with Gasteiger partial charge in [-0.1, -0.05) is 36.4 Å². The minimum absolute atomic E-state index is 0.0210. The van der Waals surface area contributed by atoms with Crippen LogP contribution >= 0.6 is 0 Å². The summed E-state index contributed by atoms with van der Waals surface area (Å²) in [5, 5.41) is 2.92. The molecule has 6 heteroatoms. The Labute approximate surface area is 176 Å². The Balaban J connectivity index is 1.45. The van der Waals surface area contributed by atoms with E-state index in [1.165, 1.54) is 17.8 Å². The van der Waals surface area contributed by atoms with E-state index in [1.807, 2.05) is 24.4 Å². The zero-order valence-electron chi connectivity index (χ0n) is 16.7. The van der Waals surface area contributed by atoms with E-state index in [2.05, 4.69) is 44.4 Å². The SMILES string of the molecule is O=C(NC[C@H](c1cccnc1)N1CCN(c2ccccc2)CC1)c1ccccc1F. The molecule has 2 aromatic carbocycles. The number of hydrogen-bond donors (Lipinski definition) is 1. The van der Waals surface area contributed by atoms with E-state index in [-0.39, 0.29) is 11.6 Å². The lowest BCUT2D eigenvalue weighted by atomic mass is 10.1. The molecule has 3 aromatic rings. The third kappa shape index (κ3) is 4.66. The third-order valence-corrected chi connectivity index (χ3v) is 5.52. The molecule has 0 spiro atoms. The molecule has 1 amide bonds. The summed E-state index contributed by atoms with van der Waals surface area (Å²) in [6.07, 6.45) is 3.58. The fraction of sp³-hybridized carbons (Fsp3) is 0.250. The van der Waals surface area contributed by atoms with Crippen LogP contribution in [-0.4, -0.2) is 48.5 Å². The number of carbonyl (C=O) groups excluding carboxylic acids is 1. The zero-order valence-corrected chi connectivity index (χ0v) is 16.7. The predicted octanol–water partition coefficient (Wildman–Crippen LogP) is 3.51. The van der Waals surface area contributed by atoms with Gasteiger partial charge in [0.05, 0.1) is 11.6 Å². The molecule has 0 bridgehead atoms. The number of amides is 1. The summed E-state index contributed by atoms with van der Waals surface area (Å²) in [7, 11) is 0. The number of anilines is 1. The molecule has 0 unspecified atom stereocenters. The lowest BCUT2D eigenvalue weighted by molar-refractivity contribution is 0.0926. The third-order valence-electron chi connectivity index (χ3n) is 5.52. The molecule has 1 N–H and O–H groups in total. The maximum absolute atomic E-state index is 14.0. The molecular weight excluding hydrogens is 379 g/mol. The van der Waals surface area contributed by atoms with Crippen LogP contribution in [0.4, 0.5) is 10.1 Å². The van der Waals surface area contributed by atoms with E-state index in [0.29, 0.717) is 6.54 Å². The smallest absolute Gasteiger partial charge is 0.254 e. The van der Waals surface area contributed by atoms with Crippen molar-refractivity contribution >= 4 is 11.6 Å². The van der Waals surface area contributed by atoms with Crippen LogP contribution in [0.5, 0.6) is 0 Å². The number of halogens is 1. The standard InChI is InChI=1S/C24H25FN4O/c25-22-11-5-4-10-21(22)24(30)27-18-23(19-7-6-12-26-17-19)29-15-13-28(14-16-29)20-8-2-1-3-9-20/h1-12,17,23H,13-16,18H2,(H,27,30)/t23-/m1/s1.